The number of aliphatic carboxylic acids is 1. The van der Waals surface area contributed by atoms with Gasteiger partial charge < -0.3 is 10.0 Å². The molecule has 0 spiro atoms. The molecular formula is C17H19N3O3. The van der Waals surface area contributed by atoms with Crippen molar-refractivity contribution in [1.29, 1.82) is 0 Å². The van der Waals surface area contributed by atoms with Gasteiger partial charge in [0.05, 0.1) is 17.8 Å². The van der Waals surface area contributed by atoms with Crippen LogP contribution in [0.1, 0.15) is 18.4 Å². The summed E-state index contributed by atoms with van der Waals surface area (Å²) in [6, 6.07) is 9.79. The van der Waals surface area contributed by atoms with Gasteiger partial charge in [-0.05, 0) is 30.5 Å². The maximum absolute atomic E-state index is 12.2. The van der Waals surface area contributed by atoms with Crippen molar-refractivity contribution in [2.45, 2.75) is 19.3 Å². The Morgan fingerprint density at radius 3 is 2.74 bits per heavy atom. The molecule has 0 unspecified atom stereocenters. The van der Waals surface area contributed by atoms with Crippen molar-refractivity contribution in [1.82, 2.24) is 14.7 Å². The number of carboxylic acid groups (broad SMARTS) is 1. The van der Waals surface area contributed by atoms with Gasteiger partial charge in [-0.3, -0.25) is 9.59 Å². The molecule has 1 amide bonds. The number of benzene rings is 1. The normalized spacial score (nSPS) is 17.4. The van der Waals surface area contributed by atoms with Crippen molar-refractivity contribution in [2.75, 3.05) is 13.1 Å². The number of hydrogen-bond donors (Lipinski definition) is 1. The van der Waals surface area contributed by atoms with E-state index in [1.54, 1.807) is 15.8 Å². The molecule has 3 rings (SSSR count). The highest BCUT2D eigenvalue weighted by Gasteiger charge is 2.30. The number of rotatable bonds is 5. The van der Waals surface area contributed by atoms with E-state index in [2.05, 4.69) is 5.10 Å². The summed E-state index contributed by atoms with van der Waals surface area (Å²) in [5, 5.41) is 13.3. The minimum absolute atomic E-state index is 0.0150. The summed E-state index contributed by atoms with van der Waals surface area (Å²) in [6.07, 6.45) is 5.23. The van der Waals surface area contributed by atoms with Crippen LogP contribution in [0.2, 0.25) is 0 Å². The van der Waals surface area contributed by atoms with Crippen LogP contribution in [-0.4, -0.2) is 44.8 Å². The third-order valence-corrected chi connectivity index (χ3v) is 4.17. The van der Waals surface area contributed by atoms with Crippen LogP contribution in [0, 0.1) is 5.92 Å². The van der Waals surface area contributed by atoms with Crippen LogP contribution in [-0.2, 0) is 16.0 Å². The van der Waals surface area contributed by atoms with E-state index < -0.39 is 11.9 Å². The van der Waals surface area contributed by atoms with Gasteiger partial charge >= 0.3 is 5.97 Å². The predicted octanol–water partition coefficient (Wildman–Crippen LogP) is 1.74. The van der Waals surface area contributed by atoms with Gasteiger partial charge in [0, 0.05) is 25.7 Å². The van der Waals surface area contributed by atoms with Crippen molar-refractivity contribution in [2.24, 2.45) is 5.92 Å². The summed E-state index contributed by atoms with van der Waals surface area (Å²) in [5.41, 5.74) is 1.98. The first-order valence-corrected chi connectivity index (χ1v) is 7.73. The summed E-state index contributed by atoms with van der Waals surface area (Å²) in [4.78, 5) is 24.8. The summed E-state index contributed by atoms with van der Waals surface area (Å²) >= 11 is 0. The van der Waals surface area contributed by atoms with Gasteiger partial charge in [0.25, 0.3) is 0 Å². The number of likely N-dealkylation sites (tertiary alicyclic amines) is 1. The fourth-order valence-electron chi connectivity index (χ4n) is 2.81. The number of carboxylic acids is 1. The lowest BCUT2D eigenvalue weighted by molar-refractivity contribution is -0.141. The number of carbonyl (C=O) groups excluding carboxylic acids is 1. The van der Waals surface area contributed by atoms with Gasteiger partial charge in [0.1, 0.15) is 0 Å². The molecule has 0 radical (unpaired) electrons. The lowest BCUT2D eigenvalue weighted by Crippen LogP contribution is -2.30. The third kappa shape index (κ3) is 3.59. The Kier molecular flexibility index (Phi) is 4.41. The lowest BCUT2D eigenvalue weighted by Gasteiger charge is -2.15. The summed E-state index contributed by atoms with van der Waals surface area (Å²) < 4.78 is 1.79. The van der Waals surface area contributed by atoms with Gasteiger partial charge in [-0.1, -0.05) is 18.2 Å². The van der Waals surface area contributed by atoms with Gasteiger partial charge in [0.15, 0.2) is 0 Å². The van der Waals surface area contributed by atoms with Crippen molar-refractivity contribution >= 4 is 11.9 Å². The van der Waals surface area contributed by atoms with Gasteiger partial charge in [-0.25, -0.2) is 4.68 Å². The standard InChI is InChI=1S/C17H19N3O3/c21-16(19-9-8-14(12-19)17(22)23)7-6-13-10-18-20(11-13)15-4-2-1-3-5-15/h1-5,10-11,14H,6-9,12H2,(H,22,23)/t14-/m1/s1. The second-order valence-electron chi connectivity index (χ2n) is 5.79. The molecule has 0 saturated carbocycles. The average molecular weight is 313 g/mol. The highest BCUT2D eigenvalue weighted by molar-refractivity contribution is 5.78. The predicted molar refractivity (Wildman–Crippen MR) is 84.2 cm³/mol. The molecule has 1 fully saturated rings. The smallest absolute Gasteiger partial charge is 0.308 e. The monoisotopic (exact) mass is 313 g/mol. The van der Waals surface area contributed by atoms with Crippen molar-refractivity contribution < 1.29 is 14.7 Å². The molecule has 2 aromatic rings. The molecule has 0 bridgehead atoms. The van der Waals surface area contributed by atoms with Crippen molar-refractivity contribution in [3.63, 3.8) is 0 Å². The molecule has 6 heteroatoms. The number of amides is 1. The first kappa shape index (κ1) is 15.3. The maximum Gasteiger partial charge on any atom is 0.308 e. The largest absolute Gasteiger partial charge is 0.481 e. The Labute approximate surface area is 134 Å². The van der Waals surface area contributed by atoms with Gasteiger partial charge in [0.2, 0.25) is 5.91 Å². The van der Waals surface area contributed by atoms with E-state index in [-0.39, 0.29) is 5.91 Å². The lowest BCUT2D eigenvalue weighted by atomic mass is 10.1. The van der Waals surface area contributed by atoms with Crippen LogP contribution in [0.3, 0.4) is 0 Å². The second-order valence-corrected chi connectivity index (χ2v) is 5.79. The first-order chi connectivity index (χ1) is 11.1. The summed E-state index contributed by atoms with van der Waals surface area (Å²) in [6.45, 7) is 0.872. The second kappa shape index (κ2) is 6.64. The van der Waals surface area contributed by atoms with E-state index in [4.69, 9.17) is 5.11 Å². The average Bonchev–Trinajstić information content (AvgIpc) is 3.23. The minimum atomic E-state index is -0.815. The van der Waals surface area contributed by atoms with E-state index in [0.29, 0.717) is 32.4 Å². The van der Waals surface area contributed by atoms with Crippen LogP contribution in [0.15, 0.2) is 42.7 Å². The van der Waals surface area contributed by atoms with E-state index >= 15 is 0 Å². The van der Waals surface area contributed by atoms with Crippen LogP contribution in [0.4, 0.5) is 0 Å². The molecular weight excluding hydrogens is 294 g/mol. The molecule has 1 aliphatic heterocycles. The maximum atomic E-state index is 12.2. The third-order valence-electron chi connectivity index (χ3n) is 4.17. The number of aromatic nitrogens is 2. The van der Waals surface area contributed by atoms with Crippen molar-refractivity contribution in [3.8, 4) is 5.69 Å². The Morgan fingerprint density at radius 2 is 2.04 bits per heavy atom. The topological polar surface area (TPSA) is 75.4 Å². The van der Waals surface area contributed by atoms with Crippen LogP contribution in [0.5, 0.6) is 0 Å². The molecule has 6 nitrogen and oxygen atoms in total. The summed E-state index contributed by atoms with van der Waals surface area (Å²) in [7, 11) is 0. The molecule has 2 heterocycles. The van der Waals surface area contributed by atoms with E-state index in [1.807, 2.05) is 36.5 Å². The van der Waals surface area contributed by atoms with E-state index in [1.165, 1.54) is 0 Å². The molecule has 1 N–H and O–H groups in total. The molecule has 1 atom stereocenters. The quantitative estimate of drug-likeness (QED) is 0.912. The zero-order valence-electron chi connectivity index (χ0n) is 12.8. The molecule has 120 valence electrons. The van der Waals surface area contributed by atoms with Crippen LogP contribution in [0.25, 0.3) is 5.69 Å². The zero-order chi connectivity index (χ0) is 16.2. The Balaban J connectivity index is 1.54. The SMILES string of the molecule is O=C(O)[C@@H]1CCN(C(=O)CCc2cnn(-c3ccccc3)c2)C1. The van der Waals surface area contributed by atoms with Crippen molar-refractivity contribution in [3.05, 3.63) is 48.3 Å². The fourth-order valence-corrected chi connectivity index (χ4v) is 2.81. The number of nitrogens with zero attached hydrogens (tertiary/aromatic N) is 3. The number of hydrogen-bond acceptors (Lipinski definition) is 3. The zero-order valence-corrected chi connectivity index (χ0v) is 12.8. The Bertz CT molecular complexity index is 696. The molecule has 0 aliphatic carbocycles. The number of para-hydroxylation sites is 1. The van der Waals surface area contributed by atoms with Crippen LogP contribution >= 0.6 is 0 Å². The van der Waals surface area contributed by atoms with Crippen LogP contribution < -0.4 is 0 Å². The number of aryl methyl sites for hydroxylation is 1. The van der Waals surface area contributed by atoms with Gasteiger partial charge in [-0.15, -0.1) is 0 Å². The fraction of sp³-hybridized carbons (Fsp3) is 0.353. The highest BCUT2D eigenvalue weighted by atomic mass is 16.4. The molecule has 1 aliphatic rings. The van der Waals surface area contributed by atoms with E-state index in [9.17, 15) is 9.59 Å². The number of carbonyl (C=O) groups is 2. The molecule has 1 saturated heterocycles. The van der Waals surface area contributed by atoms with E-state index in [0.717, 1.165) is 11.3 Å². The Morgan fingerprint density at radius 1 is 1.26 bits per heavy atom. The summed E-state index contributed by atoms with van der Waals surface area (Å²) in [5.74, 6) is -1.22. The molecule has 1 aromatic carbocycles. The molecule has 23 heavy (non-hydrogen) atoms. The first-order valence-electron chi connectivity index (χ1n) is 7.73. The highest BCUT2D eigenvalue weighted by Crippen LogP contribution is 2.18. The minimum Gasteiger partial charge on any atom is -0.481 e. The Hall–Kier alpha value is -2.63. The van der Waals surface area contributed by atoms with Gasteiger partial charge in [-0.2, -0.15) is 5.10 Å². The molecule has 1 aromatic heterocycles.